The summed E-state index contributed by atoms with van der Waals surface area (Å²) >= 11 is 0. The summed E-state index contributed by atoms with van der Waals surface area (Å²) in [5.41, 5.74) is 5.15. The molecule has 1 amide bonds. The fraction of sp³-hybridized carbons (Fsp3) is 0.929. The normalized spacial score (nSPS) is 21.0. The monoisotopic (exact) mass is 319 g/mol. The lowest BCUT2D eigenvalue weighted by Crippen LogP contribution is -2.51. The Kier molecular flexibility index (Phi) is 6.62. The number of sulfonamides is 1. The highest BCUT2D eigenvalue weighted by Crippen LogP contribution is 2.21. The maximum atomic E-state index is 12.3. The Morgan fingerprint density at radius 1 is 1.33 bits per heavy atom. The second kappa shape index (κ2) is 7.56. The number of hydrogen-bond donors (Lipinski definition) is 2. The number of nitrogens with two attached hydrogens (primary N) is 1. The average Bonchev–Trinajstić information content (AvgIpc) is 2.46. The van der Waals surface area contributed by atoms with E-state index in [1.165, 1.54) is 0 Å². The molecule has 0 aromatic heterocycles. The molecule has 0 spiro atoms. The number of nitrogens with one attached hydrogen (secondary N) is 1. The van der Waals surface area contributed by atoms with Crippen LogP contribution in [-0.2, 0) is 14.8 Å². The molecule has 1 saturated heterocycles. The third-order valence-electron chi connectivity index (χ3n) is 4.42. The van der Waals surface area contributed by atoms with Crippen LogP contribution < -0.4 is 11.1 Å². The maximum absolute atomic E-state index is 12.3. The van der Waals surface area contributed by atoms with E-state index in [1.807, 2.05) is 20.8 Å². The van der Waals surface area contributed by atoms with Gasteiger partial charge < -0.3 is 11.1 Å². The zero-order valence-corrected chi connectivity index (χ0v) is 14.2. The standard InChI is InChI=1S/C14H29N3O3S/c1-4-10-21(19,20)17-8-6-12(7-9-17)16-13(18)14(3,5-2)11-15/h12H,4-11,15H2,1-3H3,(H,16,18). The molecule has 1 rings (SSSR count). The number of piperidine rings is 1. The molecule has 7 heteroatoms. The molecule has 0 saturated carbocycles. The van der Waals surface area contributed by atoms with Crippen LogP contribution in [0.4, 0.5) is 0 Å². The van der Waals surface area contributed by atoms with Crippen LogP contribution in [0, 0.1) is 5.41 Å². The van der Waals surface area contributed by atoms with Gasteiger partial charge in [0.2, 0.25) is 15.9 Å². The summed E-state index contributed by atoms with van der Waals surface area (Å²) in [6, 6.07) is 0.0444. The van der Waals surface area contributed by atoms with Gasteiger partial charge in [-0.1, -0.05) is 13.8 Å². The highest BCUT2D eigenvalue weighted by atomic mass is 32.2. The second-order valence-corrected chi connectivity index (χ2v) is 8.17. The van der Waals surface area contributed by atoms with Crippen molar-refractivity contribution >= 4 is 15.9 Å². The molecule has 1 unspecified atom stereocenters. The molecule has 0 radical (unpaired) electrons. The summed E-state index contributed by atoms with van der Waals surface area (Å²) in [6.45, 7) is 6.97. The topological polar surface area (TPSA) is 92.5 Å². The van der Waals surface area contributed by atoms with E-state index in [-0.39, 0.29) is 17.7 Å². The zero-order valence-electron chi connectivity index (χ0n) is 13.4. The third-order valence-corrected chi connectivity index (χ3v) is 6.50. The van der Waals surface area contributed by atoms with Gasteiger partial charge in [0.25, 0.3) is 0 Å². The molecule has 1 atom stereocenters. The van der Waals surface area contributed by atoms with Crippen LogP contribution in [0.2, 0.25) is 0 Å². The van der Waals surface area contributed by atoms with E-state index in [9.17, 15) is 13.2 Å². The number of nitrogens with zero attached hydrogens (tertiary/aromatic N) is 1. The van der Waals surface area contributed by atoms with Crippen molar-refractivity contribution in [3.8, 4) is 0 Å². The number of rotatable bonds is 7. The summed E-state index contributed by atoms with van der Waals surface area (Å²) in [7, 11) is -3.12. The molecule has 1 aliphatic heterocycles. The van der Waals surface area contributed by atoms with Crippen LogP contribution in [-0.4, -0.2) is 50.1 Å². The van der Waals surface area contributed by atoms with E-state index < -0.39 is 15.4 Å². The predicted molar refractivity (Wildman–Crippen MR) is 84.3 cm³/mol. The lowest BCUT2D eigenvalue weighted by molar-refractivity contribution is -0.130. The smallest absolute Gasteiger partial charge is 0.227 e. The molecule has 3 N–H and O–H groups in total. The minimum atomic E-state index is -3.12. The number of hydrogen-bond acceptors (Lipinski definition) is 4. The zero-order chi connectivity index (χ0) is 16.1. The van der Waals surface area contributed by atoms with Gasteiger partial charge in [-0.25, -0.2) is 12.7 Å². The minimum absolute atomic E-state index is 0.0256. The van der Waals surface area contributed by atoms with Gasteiger partial charge in [-0.3, -0.25) is 4.79 Å². The van der Waals surface area contributed by atoms with Crippen molar-refractivity contribution in [2.75, 3.05) is 25.4 Å². The van der Waals surface area contributed by atoms with Gasteiger partial charge in [0.05, 0.1) is 11.2 Å². The van der Waals surface area contributed by atoms with Crippen molar-refractivity contribution < 1.29 is 13.2 Å². The van der Waals surface area contributed by atoms with E-state index in [1.54, 1.807) is 4.31 Å². The van der Waals surface area contributed by atoms with Gasteiger partial charge in [0.1, 0.15) is 0 Å². The summed E-state index contributed by atoms with van der Waals surface area (Å²) in [5.74, 6) is 0.174. The van der Waals surface area contributed by atoms with Gasteiger partial charge in [-0.2, -0.15) is 0 Å². The summed E-state index contributed by atoms with van der Waals surface area (Å²) < 4.78 is 25.5. The van der Waals surface area contributed by atoms with Crippen molar-refractivity contribution in [2.45, 2.75) is 52.5 Å². The molecule has 0 aromatic rings. The molecule has 6 nitrogen and oxygen atoms in total. The van der Waals surface area contributed by atoms with Gasteiger partial charge in [0, 0.05) is 25.7 Å². The molecule has 124 valence electrons. The minimum Gasteiger partial charge on any atom is -0.353 e. The third kappa shape index (κ3) is 4.66. The van der Waals surface area contributed by atoms with E-state index in [0.29, 0.717) is 45.3 Å². The largest absolute Gasteiger partial charge is 0.353 e. The van der Waals surface area contributed by atoms with Crippen LogP contribution in [0.1, 0.15) is 46.5 Å². The number of amides is 1. The Balaban J connectivity index is 2.53. The maximum Gasteiger partial charge on any atom is 0.227 e. The Morgan fingerprint density at radius 3 is 2.33 bits per heavy atom. The predicted octanol–water partition coefficient (Wildman–Crippen LogP) is 0.682. The Morgan fingerprint density at radius 2 is 1.90 bits per heavy atom. The summed E-state index contributed by atoms with van der Waals surface area (Å²) in [5, 5.41) is 3.02. The first-order valence-corrected chi connectivity index (χ1v) is 9.39. The van der Waals surface area contributed by atoms with Crippen molar-refractivity contribution in [3.05, 3.63) is 0 Å². The van der Waals surface area contributed by atoms with Crippen LogP contribution >= 0.6 is 0 Å². The molecule has 0 aliphatic carbocycles. The molecule has 0 aromatic carbocycles. The molecular formula is C14H29N3O3S. The first kappa shape index (κ1) is 18.4. The second-order valence-electron chi connectivity index (χ2n) is 6.08. The quantitative estimate of drug-likeness (QED) is 0.722. The van der Waals surface area contributed by atoms with E-state index in [0.717, 1.165) is 0 Å². The first-order chi connectivity index (χ1) is 9.79. The van der Waals surface area contributed by atoms with Crippen LogP contribution in [0.5, 0.6) is 0 Å². The molecule has 1 heterocycles. The Bertz CT molecular complexity index is 438. The lowest BCUT2D eigenvalue weighted by atomic mass is 9.86. The molecule has 1 fully saturated rings. The van der Waals surface area contributed by atoms with Crippen molar-refractivity contribution in [1.82, 2.24) is 9.62 Å². The Labute approximate surface area is 128 Å². The van der Waals surface area contributed by atoms with Gasteiger partial charge in [-0.05, 0) is 32.6 Å². The van der Waals surface area contributed by atoms with Gasteiger partial charge in [0.15, 0.2) is 0 Å². The van der Waals surface area contributed by atoms with Crippen LogP contribution in [0.3, 0.4) is 0 Å². The van der Waals surface area contributed by atoms with Crippen molar-refractivity contribution in [3.63, 3.8) is 0 Å². The lowest BCUT2D eigenvalue weighted by Gasteiger charge is -2.34. The van der Waals surface area contributed by atoms with Crippen LogP contribution in [0.15, 0.2) is 0 Å². The fourth-order valence-corrected chi connectivity index (χ4v) is 3.96. The van der Waals surface area contributed by atoms with E-state index in [2.05, 4.69) is 5.32 Å². The van der Waals surface area contributed by atoms with Gasteiger partial charge in [-0.15, -0.1) is 0 Å². The Hall–Kier alpha value is -0.660. The van der Waals surface area contributed by atoms with Gasteiger partial charge >= 0.3 is 0 Å². The highest BCUT2D eigenvalue weighted by Gasteiger charge is 2.33. The van der Waals surface area contributed by atoms with Crippen LogP contribution in [0.25, 0.3) is 0 Å². The average molecular weight is 319 g/mol. The van der Waals surface area contributed by atoms with E-state index in [4.69, 9.17) is 5.73 Å². The first-order valence-electron chi connectivity index (χ1n) is 7.78. The number of carbonyl (C=O) groups excluding carboxylic acids is 1. The van der Waals surface area contributed by atoms with Crippen molar-refractivity contribution in [1.29, 1.82) is 0 Å². The SMILES string of the molecule is CCCS(=O)(=O)N1CCC(NC(=O)C(C)(CC)CN)CC1. The number of carbonyl (C=O) groups is 1. The fourth-order valence-electron chi connectivity index (χ4n) is 2.42. The molecular weight excluding hydrogens is 290 g/mol. The highest BCUT2D eigenvalue weighted by molar-refractivity contribution is 7.89. The molecule has 21 heavy (non-hydrogen) atoms. The summed E-state index contributed by atoms with van der Waals surface area (Å²) in [4.78, 5) is 12.3. The van der Waals surface area contributed by atoms with E-state index >= 15 is 0 Å². The van der Waals surface area contributed by atoms with Crippen molar-refractivity contribution in [2.24, 2.45) is 11.1 Å². The molecule has 0 bridgehead atoms. The summed E-state index contributed by atoms with van der Waals surface area (Å²) in [6.07, 6.45) is 2.65. The molecule has 1 aliphatic rings.